The first kappa shape index (κ1) is 16.4. The number of anilines is 1. The Balaban J connectivity index is 1.86. The Morgan fingerprint density at radius 1 is 1.20 bits per heavy atom. The second-order valence-electron chi connectivity index (χ2n) is 6.87. The number of hydrogen-bond acceptors (Lipinski definition) is 4. The third-order valence-electron chi connectivity index (χ3n) is 5.12. The fraction of sp³-hybridized carbons (Fsp3) is 0.333. The molecule has 2 aromatic carbocycles. The lowest BCUT2D eigenvalue weighted by atomic mass is 9.73. The van der Waals surface area contributed by atoms with Gasteiger partial charge in [-0.2, -0.15) is 0 Å². The maximum atomic E-state index is 5.72. The topological polar surface area (TPSA) is 30.5 Å². The molecule has 0 aromatic heterocycles. The van der Waals surface area contributed by atoms with E-state index in [1.807, 2.05) is 30.8 Å². The van der Waals surface area contributed by atoms with Crippen LogP contribution in [0.25, 0.3) is 5.70 Å². The first-order chi connectivity index (χ1) is 12.1. The van der Waals surface area contributed by atoms with Gasteiger partial charge in [-0.15, -0.1) is 11.8 Å². The summed E-state index contributed by atoms with van der Waals surface area (Å²) in [6.45, 7) is 7.32. The van der Waals surface area contributed by atoms with Crippen LogP contribution in [-0.2, 0) is 5.41 Å². The SMILES string of the molecule is CCOc1ccc2c(c1)C(C)(C)C1=C(N2)c2cccc(OC)c2SC1. The summed E-state index contributed by atoms with van der Waals surface area (Å²) >= 11 is 1.86. The van der Waals surface area contributed by atoms with Crippen LogP contribution in [0, 0.1) is 0 Å². The van der Waals surface area contributed by atoms with Crippen molar-refractivity contribution in [2.24, 2.45) is 0 Å². The van der Waals surface area contributed by atoms with E-state index in [0.29, 0.717) is 6.61 Å². The van der Waals surface area contributed by atoms with Crippen molar-refractivity contribution in [3.05, 3.63) is 53.1 Å². The van der Waals surface area contributed by atoms with Crippen molar-refractivity contribution in [1.29, 1.82) is 0 Å². The van der Waals surface area contributed by atoms with Crippen LogP contribution in [0.1, 0.15) is 31.9 Å². The molecule has 4 rings (SSSR count). The van der Waals surface area contributed by atoms with E-state index in [0.717, 1.165) is 22.9 Å². The first-order valence-electron chi connectivity index (χ1n) is 8.64. The lowest BCUT2D eigenvalue weighted by Crippen LogP contribution is -2.31. The minimum absolute atomic E-state index is 0.0448. The van der Waals surface area contributed by atoms with Gasteiger partial charge in [0.15, 0.2) is 0 Å². The van der Waals surface area contributed by atoms with Gasteiger partial charge >= 0.3 is 0 Å². The van der Waals surface area contributed by atoms with Crippen molar-refractivity contribution >= 4 is 23.1 Å². The number of methoxy groups -OCH3 is 1. The zero-order valence-corrected chi connectivity index (χ0v) is 15.9. The van der Waals surface area contributed by atoms with E-state index in [4.69, 9.17) is 9.47 Å². The Morgan fingerprint density at radius 2 is 2.04 bits per heavy atom. The van der Waals surface area contributed by atoms with E-state index >= 15 is 0 Å². The minimum Gasteiger partial charge on any atom is -0.496 e. The average Bonchev–Trinajstić information content (AvgIpc) is 2.62. The van der Waals surface area contributed by atoms with Crippen LogP contribution < -0.4 is 14.8 Å². The van der Waals surface area contributed by atoms with Crippen LogP contribution in [0.4, 0.5) is 5.69 Å². The predicted molar refractivity (Wildman–Crippen MR) is 105 cm³/mol. The molecule has 2 aliphatic rings. The summed E-state index contributed by atoms with van der Waals surface area (Å²) in [7, 11) is 1.74. The molecule has 2 aromatic rings. The normalized spacial score (nSPS) is 17.1. The molecule has 25 heavy (non-hydrogen) atoms. The monoisotopic (exact) mass is 353 g/mol. The zero-order valence-electron chi connectivity index (χ0n) is 15.1. The van der Waals surface area contributed by atoms with Crippen molar-refractivity contribution in [3.8, 4) is 11.5 Å². The van der Waals surface area contributed by atoms with Crippen LogP contribution in [0.3, 0.4) is 0 Å². The predicted octanol–water partition coefficient (Wildman–Crippen LogP) is 5.31. The minimum atomic E-state index is -0.0448. The third kappa shape index (κ3) is 2.51. The van der Waals surface area contributed by atoms with Gasteiger partial charge in [-0.25, -0.2) is 0 Å². The lowest BCUT2D eigenvalue weighted by Gasteiger charge is -2.40. The molecular formula is C21H23NO2S. The molecule has 0 spiro atoms. The maximum absolute atomic E-state index is 5.72. The average molecular weight is 353 g/mol. The molecule has 0 aliphatic carbocycles. The number of benzene rings is 2. The van der Waals surface area contributed by atoms with Crippen molar-refractivity contribution in [2.45, 2.75) is 31.1 Å². The van der Waals surface area contributed by atoms with Gasteiger partial charge in [-0.05, 0) is 42.3 Å². The summed E-state index contributed by atoms with van der Waals surface area (Å²) < 4.78 is 11.3. The van der Waals surface area contributed by atoms with Crippen LogP contribution >= 0.6 is 11.8 Å². The number of fused-ring (bicyclic) bond motifs is 3. The summed E-state index contributed by atoms with van der Waals surface area (Å²) in [6.07, 6.45) is 0. The van der Waals surface area contributed by atoms with Gasteiger partial charge in [0.2, 0.25) is 0 Å². The van der Waals surface area contributed by atoms with E-state index in [1.54, 1.807) is 7.11 Å². The van der Waals surface area contributed by atoms with Gasteiger partial charge in [-0.3, -0.25) is 0 Å². The quantitative estimate of drug-likeness (QED) is 0.809. The zero-order chi connectivity index (χ0) is 17.6. The van der Waals surface area contributed by atoms with Crippen molar-refractivity contribution in [2.75, 3.05) is 24.8 Å². The van der Waals surface area contributed by atoms with Gasteiger partial charge in [0.1, 0.15) is 11.5 Å². The molecule has 0 atom stereocenters. The molecule has 2 heterocycles. The van der Waals surface area contributed by atoms with Gasteiger partial charge in [0.05, 0.1) is 18.6 Å². The number of thioether (sulfide) groups is 1. The molecule has 2 aliphatic heterocycles. The second-order valence-corrected chi connectivity index (χ2v) is 7.86. The number of ether oxygens (including phenoxy) is 2. The molecule has 4 heteroatoms. The standard InChI is InChI=1S/C21H23NO2S/c1-5-24-13-9-10-17-15(11-13)21(2,3)16-12-25-20-14(19(16)22-17)7-6-8-18(20)23-4/h6-11,22H,5,12H2,1-4H3. The summed E-state index contributed by atoms with van der Waals surface area (Å²) in [5.74, 6) is 2.85. The molecule has 130 valence electrons. The Hall–Kier alpha value is -2.07. The highest BCUT2D eigenvalue weighted by Gasteiger charge is 2.38. The van der Waals surface area contributed by atoms with E-state index in [-0.39, 0.29) is 5.41 Å². The van der Waals surface area contributed by atoms with Crippen LogP contribution in [0.15, 0.2) is 46.9 Å². The largest absolute Gasteiger partial charge is 0.496 e. The molecule has 0 amide bonds. The molecular weight excluding hydrogens is 330 g/mol. The lowest BCUT2D eigenvalue weighted by molar-refractivity contribution is 0.339. The van der Waals surface area contributed by atoms with Gasteiger partial charge in [-0.1, -0.05) is 26.0 Å². The smallest absolute Gasteiger partial charge is 0.133 e. The van der Waals surface area contributed by atoms with Crippen molar-refractivity contribution < 1.29 is 9.47 Å². The highest BCUT2D eigenvalue weighted by Crippen LogP contribution is 2.52. The Kier molecular flexibility index (Phi) is 3.95. The third-order valence-corrected chi connectivity index (χ3v) is 6.26. The molecule has 0 bridgehead atoms. The number of rotatable bonds is 3. The Bertz CT molecular complexity index is 870. The van der Waals surface area contributed by atoms with Crippen molar-refractivity contribution in [3.63, 3.8) is 0 Å². The molecule has 0 radical (unpaired) electrons. The molecule has 1 N–H and O–H groups in total. The highest BCUT2D eigenvalue weighted by molar-refractivity contribution is 7.99. The summed E-state index contributed by atoms with van der Waals surface area (Å²) in [4.78, 5) is 1.22. The fourth-order valence-corrected chi connectivity index (χ4v) is 5.15. The Morgan fingerprint density at radius 3 is 2.80 bits per heavy atom. The summed E-state index contributed by atoms with van der Waals surface area (Å²) in [5, 5.41) is 3.69. The summed E-state index contributed by atoms with van der Waals surface area (Å²) in [5.41, 5.74) is 6.31. The molecule has 3 nitrogen and oxygen atoms in total. The number of hydrogen-bond donors (Lipinski definition) is 1. The van der Waals surface area contributed by atoms with Crippen LogP contribution in [-0.4, -0.2) is 19.5 Å². The van der Waals surface area contributed by atoms with Crippen LogP contribution in [0.2, 0.25) is 0 Å². The van der Waals surface area contributed by atoms with Gasteiger partial charge < -0.3 is 14.8 Å². The molecule has 0 saturated heterocycles. The van der Waals surface area contributed by atoms with Gasteiger partial charge in [0.25, 0.3) is 0 Å². The van der Waals surface area contributed by atoms with E-state index in [2.05, 4.69) is 43.4 Å². The van der Waals surface area contributed by atoms with E-state index < -0.39 is 0 Å². The summed E-state index contributed by atoms with van der Waals surface area (Å²) in [6, 6.07) is 12.6. The molecule has 0 saturated carbocycles. The van der Waals surface area contributed by atoms with E-state index in [9.17, 15) is 0 Å². The maximum Gasteiger partial charge on any atom is 0.133 e. The fourth-order valence-electron chi connectivity index (χ4n) is 3.74. The Labute approximate surface area is 153 Å². The van der Waals surface area contributed by atoms with Crippen molar-refractivity contribution in [1.82, 2.24) is 0 Å². The molecule has 0 fully saturated rings. The second kappa shape index (κ2) is 6.03. The van der Waals surface area contributed by atoms with Gasteiger partial charge in [0, 0.05) is 28.1 Å². The van der Waals surface area contributed by atoms with Crippen LogP contribution in [0.5, 0.6) is 11.5 Å². The first-order valence-corrected chi connectivity index (χ1v) is 9.63. The molecule has 0 unspecified atom stereocenters. The number of nitrogens with one attached hydrogen (secondary N) is 1. The highest BCUT2D eigenvalue weighted by atomic mass is 32.2. The van der Waals surface area contributed by atoms with E-state index in [1.165, 1.54) is 27.3 Å².